The molecule has 13 heavy (non-hydrogen) atoms. The van der Waals surface area contributed by atoms with Gasteiger partial charge in [-0.05, 0) is 26.3 Å². The highest BCUT2D eigenvalue weighted by Crippen LogP contribution is 2.05. The van der Waals surface area contributed by atoms with Gasteiger partial charge in [0.05, 0.1) is 0 Å². The van der Waals surface area contributed by atoms with Gasteiger partial charge in [-0.15, -0.1) is 0 Å². The van der Waals surface area contributed by atoms with Gasteiger partial charge >= 0.3 is 0 Å². The topological polar surface area (TPSA) is 12.4 Å². The molecule has 0 saturated carbocycles. The lowest BCUT2D eigenvalue weighted by atomic mass is 10.1. The molecule has 0 aliphatic carbocycles. The predicted molar refractivity (Wildman–Crippen MR) is 58.2 cm³/mol. The van der Waals surface area contributed by atoms with E-state index < -0.39 is 0 Å². The van der Waals surface area contributed by atoms with E-state index in [-0.39, 0.29) is 0 Å². The summed E-state index contributed by atoms with van der Waals surface area (Å²) < 4.78 is 0. The summed E-state index contributed by atoms with van der Waals surface area (Å²) in [6.45, 7) is 6.08. The number of hydrogen-bond acceptors (Lipinski definition) is 1. The molecule has 0 radical (unpaired) electrons. The lowest BCUT2D eigenvalue weighted by Gasteiger charge is -1.99. The van der Waals surface area contributed by atoms with Gasteiger partial charge in [0, 0.05) is 11.9 Å². The van der Waals surface area contributed by atoms with Crippen LogP contribution in [0.5, 0.6) is 0 Å². The molecular formula is C12H15N. The molecule has 0 saturated heterocycles. The number of allylic oxidation sites excluding steroid dienone is 1. The first-order valence-corrected chi connectivity index (χ1v) is 4.46. The van der Waals surface area contributed by atoms with Gasteiger partial charge in [0.1, 0.15) is 0 Å². The maximum Gasteiger partial charge on any atom is 0.0444 e. The lowest BCUT2D eigenvalue weighted by Crippen LogP contribution is -1.93. The molecular weight excluding hydrogens is 158 g/mol. The fourth-order valence-corrected chi connectivity index (χ4v) is 1.13. The van der Waals surface area contributed by atoms with Crippen molar-refractivity contribution in [3.63, 3.8) is 0 Å². The highest BCUT2D eigenvalue weighted by molar-refractivity contribution is 5.99. The van der Waals surface area contributed by atoms with Gasteiger partial charge in [-0.25, -0.2) is 0 Å². The normalized spacial score (nSPS) is 12.4. The molecule has 1 aromatic rings. The summed E-state index contributed by atoms with van der Waals surface area (Å²) >= 11 is 0. The Kier molecular flexibility index (Phi) is 3.44. The van der Waals surface area contributed by atoms with E-state index in [0.717, 1.165) is 5.71 Å². The van der Waals surface area contributed by atoms with Crippen LogP contribution < -0.4 is 0 Å². The number of benzene rings is 1. The van der Waals surface area contributed by atoms with Crippen LogP contribution in [0.15, 0.2) is 41.5 Å². The molecule has 0 aliphatic rings. The van der Waals surface area contributed by atoms with Crippen molar-refractivity contribution in [1.29, 1.82) is 0 Å². The minimum absolute atomic E-state index is 1.06. The van der Waals surface area contributed by atoms with E-state index >= 15 is 0 Å². The molecule has 0 spiro atoms. The monoisotopic (exact) mass is 173 g/mol. The summed E-state index contributed by atoms with van der Waals surface area (Å²) in [5.74, 6) is 0. The standard InChI is InChI=1S/C12H15N/c1-4-8-13-11(3)12-7-5-6-10(2)9-12/h4-9H,1-3H3. The average molecular weight is 173 g/mol. The molecule has 0 bridgehead atoms. The van der Waals surface area contributed by atoms with Crippen molar-refractivity contribution in [3.8, 4) is 0 Å². The summed E-state index contributed by atoms with van der Waals surface area (Å²) in [5, 5.41) is 0. The quantitative estimate of drug-likeness (QED) is 0.608. The van der Waals surface area contributed by atoms with Crippen LogP contribution in [-0.2, 0) is 0 Å². The summed E-state index contributed by atoms with van der Waals surface area (Å²) in [5.41, 5.74) is 3.52. The van der Waals surface area contributed by atoms with Gasteiger partial charge in [-0.3, -0.25) is 4.99 Å². The zero-order valence-electron chi connectivity index (χ0n) is 8.41. The minimum atomic E-state index is 1.06. The Morgan fingerprint density at radius 2 is 2.15 bits per heavy atom. The largest absolute Gasteiger partial charge is 0.261 e. The second kappa shape index (κ2) is 4.61. The number of aliphatic imine (C=N–C) groups is 1. The Balaban J connectivity index is 2.94. The molecule has 1 rings (SSSR count). The van der Waals surface area contributed by atoms with Crippen LogP contribution >= 0.6 is 0 Å². The van der Waals surface area contributed by atoms with Gasteiger partial charge in [0.25, 0.3) is 0 Å². The first-order valence-electron chi connectivity index (χ1n) is 4.46. The van der Waals surface area contributed by atoms with Crippen LogP contribution in [0.3, 0.4) is 0 Å². The van der Waals surface area contributed by atoms with Crippen molar-refractivity contribution in [1.82, 2.24) is 0 Å². The Hall–Kier alpha value is -1.37. The van der Waals surface area contributed by atoms with Gasteiger partial charge in [-0.2, -0.15) is 0 Å². The highest BCUT2D eigenvalue weighted by atomic mass is 14.7. The maximum atomic E-state index is 4.29. The highest BCUT2D eigenvalue weighted by Gasteiger charge is 1.94. The van der Waals surface area contributed by atoms with Crippen molar-refractivity contribution in [2.75, 3.05) is 0 Å². The zero-order valence-corrected chi connectivity index (χ0v) is 8.41. The van der Waals surface area contributed by atoms with Crippen LogP contribution in [0.25, 0.3) is 0 Å². The molecule has 1 aromatic carbocycles. The summed E-state index contributed by atoms with van der Waals surface area (Å²) in [6.07, 6.45) is 3.75. The van der Waals surface area contributed by atoms with E-state index in [1.807, 2.05) is 26.1 Å². The van der Waals surface area contributed by atoms with Crippen molar-refractivity contribution in [2.45, 2.75) is 20.8 Å². The van der Waals surface area contributed by atoms with Gasteiger partial charge in [-0.1, -0.05) is 35.9 Å². The Bertz CT molecular complexity index is 335. The van der Waals surface area contributed by atoms with E-state index in [4.69, 9.17) is 0 Å². The van der Waals surface area contributed by atoms with Gasteiger partial charge < -0.3 is 0 Å². The van der Waals surface area contributed by atoms with E-state index in [9.17, 15) is 0 Å². The third kappa shape index (κ3) is 2.86. The molecule has 1 nitrogen and oxygen atoms in total. The van der Waals surface area contributed by atoms with E-state index in [0.29, 0.717) is 0 Å². The fraction of sp³-hybridized carbons (Fsp3) is 0.250. The van der Waals surface area contributed by atoms with Crippen LogP contribution in [0.1, 0.15) is 25.0 Å². The van der Waals surface area contributed by atoms with Crippen LogP contribution in [0.2, 0.25) is 0 Å². The van der Waals surface area contributed by atoms with Gasteiger partial charge in [0.2, 0.25) is 0 Å². The van der Waals surface area contributed by atoms with Crippen molar-refractivity contribution >= 4 is 5.71 Å². The summed E-state index contributed by atoms with van der Waals surface area (Å²) in [7, 11) is 0. The van der Waals surface area contributed by atoms with E-state index in [1.54, 1.807) is 0 Å². The average Bonchev–Trinajstić information content (AvgIpc) is 2.14. The lowest BCUT2D eigenvalue weighted by molar-refractivity contribution is 1.42. The first kappa shape index (κ1) is 9.72. The number of rotatable bonds is 2. The SMILES string of the molecule is CC=CN=C(C)c1cccc(C)c1. The van der Waals surface area contributed by atoms with Crippen LogP contribution in [-0.4, -0.2) is 5.71 Å². The second-order valence-corrected chi connectivity index (χ2v) is 3.07. The molecule has 0 amide bonds. The summed E-state index contributed by atoms with van der Waals surface area (Å²) in [6, 6.07) is 8.36. The first-order chi connectivity index (χ1) is 6.24. The van der Waals surface area contributed by atoms with Crippen LogP contribution in [0, 0.1) is 6.92 Å². The maximum absolute atomic E-state index is 4.29. The Morgan fingerprint density at radius 1 is 1.38 bits per heavy atom. The second-order valence-electron chi connectivity index (χ2n) is 3.07. The molecule has 0 aliphatic heterocycles. The third-order valence-electron chi connectivity index (χ3n) is 1.85. The van der Waals surface area contributed by atoms with Crippen molar-refractivity contribution < 1.29 is 0 Å². The molecule has 0 aromatic heterocycles. The summed E-state index contributed by atoms with van der Waals surface area (Å²) in [4.78, 5) is 4.29. The third-order valence-corrected chi connectivity index (χ3v) is 1.85. The smallest absolute Gasteiger partial charge is 0.0444 e. The number of aryl methyl sites for hydroxylation is 1. The van der Waals surface area contributed by atoms with Crippen molar-refractivity contribution in [3.05, 3.63) is 47.7 Å². The van der Waals surface area contributed by atoms with Crippen molar-refractivity contribution in [2.24, 2.45) is 4.99 Å². The Labute approximate surface area is 79.8 Å². The number of hydrogen-bond donors (Lipinski definition) is 0. The minimum Gasteiger partial charge on any atom is -0.261 e. The van der Waals surface area contributed by atoms with E-state index in [2.05, 4.69) is 36.2 Å². The molecule has 1 heteroatoms. The Morgan fingerprint density at radius 3 is 2.77 bits per heavy atom. The molecule has 0 atom stereocenters. The van der Waals surface area contributed by atoms with E-state index in [1.165, 1.54) is 11.1 Å². The molecule has 0 unspecified atom stereocenters. The van der Waals surface area contributed by atoms with Crippen LogP contribution in [0.4, 0.5) is 0 Å². The molecule has 0 fully saturated rings. The zero-order chi connectivity index (χ0) is 9.68. The number of nitrogens with zero attached hydrogens (tertiary/aromatic N) is 1. The molecule has 68 valence electrons. The molecule has 0 N–H and O–H groups in total. The predicted octanol–water partition coefficient (Wildman–Crippen LogP) is 3.34. The van der Waals surface area contributed by atoms with Gasteiger partial charge in [0.15, 0.2) is 0 Å². The molecule has 0 heterocycles. The fourth-order valence-electron chi connectivity index (χ4n) is 1.13.